The summed E-state index contributed by atoms with van der Waals surface area (Å²) in [7, 11) is 0. The number of halogens is 1. The SMILES string of the molecule is CC1(C)CN(Cc2cccnc2)C(=O)[C@@H]1CC(=O)Nc1ccc(Br)cc1. The first-order valence-electron chi connectivity index (χ1n) is 8.58. The first kappa shape index (κ1) is 18.6. The van der Waals surface area contributed by atoms with Crippen LogP contribution in [0.25, 0.3) is 0 Å². The first-order valence-corrected chi connectivity index (χ1v) is 9.37. The predicted octanol–water partition coefficient (Wildman–Crippen LogP) is 3.86. The second kappa shape index (κ2) is 7.58. The Morgan fingerprint density at radius 3 is 2.69 bits per heavy atom. The monoisotopic (exact) mass is 415 g/mol. The molecule has 2 amide bonds. The maximum absolute atomic E-state index is 12.9. The van der Waals surface area contributed by atoms with Gasteiger partial charge < -0.3 is 10.2 Å². The highest BCUT2D eigenvalue weighted by atomic mass is 79.9. The Balaban J connectivity index is 1.65. The molecule has 136 valence electrons. The molecule has 2 heterocycles. The molecule has 1 fully saturated rings. The highest BCUT2D eigenvalue weighted by molar-refractivity contribution is 9.10. The third-order valence-electron chi connectivity index (χ3n) is 4.77. The van der Waals surface area contributed by atoms with Crippen molar-refractivity contribution in [1.82, 2.24) is 9.88 Å². The van der Waals surface area contributed by atoms with E-state index in [0.29, 0.717) is 13.1 Å². The molecule has 0 unspecified atom stereocenters. The number of carbonyl (C=O) groups excluding carboxylic acids is 2. The molecule has 3 rings (SSSR count). The zero-order valence-corrected chi connectivity index (χ0v) is 16.5. The molecule has 6 heteroatoms. The Morgan fingerprint density at radius 2 is 2.04 bits per heavy atom. The third-order valence-corrected chi connectivity index (χ3v) is 5.29. The van der Waals surface area contributed by atoms with E-state index < -0.39 is 0 Å². The summed E-state index contributed by atoms with van der Waals surface area (Å²) in [6, 6.07) is 11.2. The summed E-state index contributed by atoms with van der Waals surface area (Å²) in [5, 5.41) is 2.88. The third kappa shape index (κ3) is 4.30. The van der Waals surface area contributed by atoms with Crippen molar-refractivity contribution in [3.63, 3.8) is 0 Å². The molecule has 1 aromatic carbocycles. The molecule has 2 aromatic rings. The van der Waals surface area contributed by atoms with Crippen molar-refractivity contribution in [2.45, 2.75) is 26.8 Å². The summed E-state index contributed by atoms with van der Waals surface area (Å²) >= 11 is 3.37. The number of rotatable bonds is 5. The zero-order chi connectivity index (χ0) is 18.7. The van der Waals surface area contributed by atoms with Crippen molar-refractivity contribution in [3.05, 3.63) is 58.8 Å². The highest BCUT2D eigenvalue weighted by Gasteiger charge is 2.46. The zero-order valence-electron chi connectivity index (χ0n) is 14.9. The molecule has 0 radical (unpaired) electrons. The molecule has 0 spiro atoms. The van der Waals surface area contributed by atoms with E-state index in [2.05, 4.69) is 26.2 Å². The summed E-state index contributed by atoms with van der Waals surface area (Å²) < 4.78 is 0.952. The van der Waals surface area contributed by atoms with Crippen molar-refractivity contribution in [1.29, 1.82) is 0 Å². The number of benzene rings is 1. The molecular formula is C20H22BrN3O2. The van der Waals surface area contributed by atoms with Gasteiger partial charge in [-0.15, -0.1) is 0 Å². The summed E-state index contributed by atoms with van der Waals surface area (Å²) in [5.74, 6) is -0.429. The Kier molecular flexibility index (Phi) is 5.41. The van der Waals surface area contributed by atoms with Gasteiger partial charge in [-0.1, -0.05) is 35.8 Å². The summed E-state index contributed by atoms with van der Waals surface area (Å²) in [4.78, 5) is 31.3. The topological polar surface area (TPSA) is 62.3 Å². The fraction of sp³-hybridized carbons (Fsp3) is 0.350. The normalized spacial score (nSPS) is 18.8. The van der Waals surface area contributed by atoms with Crippen LogP contribution in [0.15, 0.2) is 53.3 Å². The van der Waals surface area contributed by atoms with Crippen LogP contribution >= 0.6 is 15.9 Å². The maximum Gasteiger partial charge on any atom is 0.227 e. The van der Waals surface area contributed by atoms with Gasteiger partial charge in [0.2, 0.25) is 11.8 Å². The van der Waals surface area contributed by atoms with Crippen LogP contribution in [-0.2, 0) is 16.1 Å². The van der Waals surface area contributed by atoms with Gasteiger partial charge in [0.05, 0.1) is 5.92 Å². The van der Waals surface area contributed by atoms with Gasteiger partial charge >= 0.3 is 0 Å². The molecule has 0 bridgehead atoms. The van der Waals surface area contributed by atoms with E-state index in [1.807, 2.05) is 55.1 Å². The Morgan fingerprint density at radius 1 is 1.31 bits per heavy atom. The van der Waals surface area contributed by atoms with Crippen molar-refractivity contribution in [2.75, 3.05) is 11.9 Å². The van der Waals surface area contributed by atoms with E-state index >= 15 is 0 Å². The van der Waals surface area contributed by atoms with Gasteiger partial charge in [0, 0.05) is 42.1 Å². The second-order valence-corrected chi connectivity index (χ2v) is 8.27. The van der Waals surface area contributed by atoms with Gasteiger partial charge in [-0.3, -0.25) is 14.6 Å². The number of hydrogen-bond acceptors (Lipinski definition) is 3. The lowest BCUT2D eigenvalue weighted by Crippen LogP contribution is -2.30. The fourth-order valence-corrected chi connectivity index (χ4v) is 3.64. The van der Waals surface area contributed by atoms with E-state index in [0.717, 1.165) is 15.7 Å². The Labute approximate surface area is 161 Å². The van der Waals surface area contributed by atoms with E-state index in [4.69, 9.17) is 0 Å². The van der Waals surface area contributed by atoms with Crippen LogP contribution in [0.5, 0.6) is 0 Å². The number of hydrogen-bond donors (Lipinski definition) is 1. The molecule has 26 heavy (non-hydrogen) atoms. The number of aromatic nitrogens is 1. The Hall–Kier alpha value is -2.21. The first-order chi connectivity index (χ1) is 12.3. The van der Waals surface area contributed by atoms with E-state index in [-0.39, 0.29) is 29.6 Å². The van der Waals surface area contributed by atoms with Crippen molar-refractivity contribution in [3.8, 4) is 0 Å². The van der Waals surface area contributed by atoms with Crippen molar-refractivity contribution < 1.29 is 9.59 Å². The van der Waals surface area contributed by atoms with E-state index in [1.54, 1.807) is 12.4 Å². The van der Waals surface area contributed by atoms with Gasteiger partial charge in [0.25, 0.3) is 0 Å². The summed E-state index contributed by atoms with van der Waals surface area (Å²) in [6.45, 7) is 5.26. The van der Waals surface area contributed by atoms with Gasteiger partial charge in [-0.2, -0.15) is 0 Å². The van der Waals surface area contributed by atoms with Gasteiger partial charge in [-0.05, 0) is 41.3 Å². The minimum atomic E-state index is -0.324. The molecule has 1 aliphatic heterocycles. The van der Waals surface area contributed by atoms with Crippen LogP contribution in [0.4, 0.5) is 5.69 Å². The molecular weight excluding hydrogens is 394 g/mol. The number of nitrogens with one attached hydrogen (secondary N) is 1. The van der Waals surface area contributed by atoms with Crippen molar-refractivity contribution >= 4 is 33.4 Å². The summed E-state index contributed by atoms with van der Waals surface area (Å²) in [6.07, 6.45) is 3.67. The smallest absolute Gasteiger partial charge is 0.227 e. The number of amides is 2. The average molecular weight is 416 g/mol. The van der Waals surface area contributed by atoms with Gasteiger partial charge in [-0.25, -0.2) is 0 Å². The molecule has 1 atom stereocenters. The molecule has 5 nitrogen and oxygen atoms in total. The molecule has 1 saturated heterocycles. The van der Waals surface area contributed by atoms with Gasteiger partial charge in [0.15, 0.2) is 0 Å². The lowest BCUT2D eigenvalue weighted by atomic mass is 9.79. The van der Waals surface area contributed by atoms with Crippen LogP contribution in [0.3, 0.4) is 0 Å². The lowest BCUT2D eigenvalue weighted by molar-refractivity contribution is -0.134. The lowest BCUT2D eigenvalue weighted by Gasteiger charge is -2.23. The number of carbonyl (C=O) groups is 2. The maximum atomic E-state index is 12.9. The van der Waals surface area contributed by atoms with Crippen molar-refractivity contribution in [2.24, 2.45) is 11.3 Å². The van der Waals surface area contributed by atoms with Crippen LogP contribution < -0.4 is 5.32 Å². The molecule has 0 aliphatic carbocycles. The van der Waals surface area contributed by atoms with E-state index in [9.17, 15) is 9.59 Å². The van der Waals surface area contributed by atoms with Crippen LogP contribution in [-0.4, -0.2) is 28.2 Å². The standard InChI is InChI=1S/C20H22BrN3O2/c1-20(2)13-24(12-14-4-3-9-22-11-14)19(26)17(20)10-18(25)23-16-7-5-15(21)6-8-16/h3-9,11,17H,10,12-13H2,1-2H3,(H,23,25)/t17-/m0/s1. The van der Waals surface area contributed by atoms with E-state index in [1.165, 1.54) is 0 Å². The average Bonchev–Trinajstić information content (AvgIpc) is 2.81. The second-order valence-electron chi connectivity index (χ2n) is 7.36. The quantitative estimate of drug-likeness (QED) is 0.806. The van der Waals surface area contributed by atoms with Crippen LogP contribution in [0.2, 0.25) is 0 Å². The fourth-order valence-electron chi connectivity index (χ4n) is 3.37. The molecule has 0 saturated carbocycles. The molecule has 1 N–H and O–H groups in total. The molecule has 1 aliphatic rings. The number of likely N-dealkylation sites (tertiary alicyclic amines) is 1. The summed E-state index contributed by atoms with van der Waals surface area (Å²) in [5.41, 5.74) is 1.47. The minimum absolute atomic E-state index is 0.0322. The number of anilines is 1. The number of nitrogens with zero attached hydrogens (tertiary/aromatic N) is 2. The Bertz CT molecular complexity index is 790. The van der Waals surface area contributed by atoms with Gasteiger partial charge in [0.1, 0.15) is 0 Å². The largest absolute Gasteiger partial charge is 0.337 e. The predicted molar refractivity (Wildman–Crippen MR) is 104 cm³/mol. The number of pyridine rings is 1. The van der Waals surface area contributed by atoms with Crippen LogP contribution in [0.1, 0.15) is 25.8 Å². The minimum Gasteiger partial charge on any atom is -0.337 e. The molecule has 1 aromatic heterocycles. The van der Waals surface area contributed by atoms with Crippen LogP contribution in [0, 0.1) is 11.3 Å². The highest BCUT2D eigenvalue weighted by Crippen LogP contribution is 2.39.